The zero-order chi connectivity index (χ0) is 20.9. The van der Waals surface area contributed by atoms with E-state index in [-0.39, 0.29) is 17.9 Å². The average Bonchev–Trinajstić information content (AvgIpc) is 3.45. The van der Waals surface area contributed by atoms with E-state index in [0.29, 0.717) is 18.8 Å². The third kappa shape index (κ3) is 3.05. The Labute approximate surface area is 180 Å². The van der Waals surface area contributed by atoms with Gasteiger partial charge in [0.15, 0.2) is 0 Å². The molecule has 0 bridgehead atoms. The van der Waals surface area contributed by atoms with E-state index in [1.165, 1.54) is 0 Å². The number of nitrogens with zero attached hydrogens (tertiary/aromatic N) is 2. The van der Waals surface area contributed by atoms with Crippen molar-refractivity contribution < 1.29 is 9.59 Å². The van der Waals surface area contributed by atoms with E-state index < -0.39 is 5.54 Å². The Bertz CT molecular complexity index is 1120. The van der Waals surface area contributed by atoms with Crippen molar-refractivity contribution in [3.05, 3.63) is 58.6 Å². The van der Waals surface area contributed by atoms with Gasteiger partial charge in [-0.3, -0.25) is 9.59 Å². The summed E-state index contributed by atoms with van der Waals surface area (Å²) < 4.78 is 3.13. The summed E-state index contributed by atoms with van der Waals surface area (Å²) >= 11 is 1.63. The quantitative estimate of drug-likeness (QED) is 0.675. The summed E-state index contributed by atoms with van der Waals surface area (Å²) in [5.74, 6) is -0.115. The standard InChI is InChI=1S/C24H27N3O2S/c1-16-7-3-4-8-17(16)14-27-22(28)20-13-21-19(11-12-30-21)26(20)15-24(27,2)23(29)25-18-9-5-6-10-18/h3-4,7-8,11-13,18H,5-6,9-10,14-15H2,1-2H3,(H,25,29)/t24-/m0/s1. The summed E-state index contributed by atoms with van der Waals surface area (Å²) in [4.78, 5) is 29.1. The lowest BCUT2D eigenvalue weighted by atomic mass is 9.93. The van der Waals surface area contributed by atoms with E-state index in [0.717, 1.165) is 47.0 Å². The summed E-state index contributed by atoms with van der Waals surface area (Å²) in [7, 11) is 0. The molecule has 0 saturated heterocycles. The lowest BCUT2D eigenvalue weighted by Gasteiger charge is -2.44. The summed E-state index contributed by atoms with van der Waals surface area (Å²) in [5.41, 5.74) is 2.98. The molecule has 1 aromatic carbocycles. The van der Waals surface area contributed by atoms with Crippen molar-refractivity contribution in [3.63, 3.8) is 0 Å². The monoisotopic (exact) mass is 421 g/mol. The highest BCUT2D eigenvalue weighted by Crippen LogP contribution is 2.35. The van der Waals surface area contributed by atoms with Crippen molar-refractivity contribution in [2.24, 2.45) is 0 Å². The zero-order valence-corrected chi connectivity index (χ0v) is 18.3. The second-order valence-electron chi connectivity index (χ2n) is 8.83. The van der Waals surface area contributed by atoms with Crippen LogP contribution < -0.4 is 5.32 Å². The highest BCUT2D eigenvalue weighted by molar-refractivity contribution is 7.17. The number of carbonyl (C=O) groups excluding carboxylic acids is 2. The number of benzene rings is 1. The number of carbonyl (C=O) groups is 2. The Morgan fingerprint density at radius 2 is 2.00 bits per heavy atom. The molecule has 3 heterocycles. The van der Waals surface area contributed by atoms with Gasteiger partial charge in [-0.05, 0) is 55.3 Å². The van der Waals surface area contributed by atoms with Crippen molar-refractivity contribution in [1.82, 2.24) is 14.8 Å². The molecule has 5 nitrogen and oxygen atoms in total. The van der Waals surface area contributed by atoms with Gasteiger partial charge in [-0.1, -0.05) is 37.1 Å². The Kier molecular flexibility index (Phi) is 4.69. The number of fused-ring (bicyclic) bond motifs is 3. The Balaban J connectivity index is 1.57. The molecule has 1 aliphatic carbocycles. The fourth-order valence-electron chi connectivity index (χ4n) is 4.89. The second kappa shape index (κ2) is 7.27. The average molecular weight is 422 g/mol. The molecular weight excluding hydrogens is 394 g/mol. The number of aromatic nitrogens is 1. The molecule has 1 saturated carbocycles. The van der Waals surface area contributed by atoms with Crippen LogP contribution in [-0.2, 0) is 17.9 Å². The van der Waals surface area contributed by atoms with Crippen LogP contribution in [0.5, 0.6) is 0 Å². The maximum absolute atomic E-state index is 13.7. The maximum atomic E-state index is 13.7. The molecular formula is C24H27N3O2S. The van der Waals surface area contributed by atoms with Crippen LogP contribution in [0.15, 0.2) is 41.8 Å². The number of amides is 2. The molecule has 30 heavy (non-hydrogen) atoms. The minimum atomic E-state index is -0.942. The fourth-order valence-corrected chi connectivity index (χ4v) is 5.71. The molecule has 156 valence electrons. The minimum absolute atomic E-state index is 0.0425. The van der Waals surface area contributed by atoms with E-state index in [1.807, 2.05) is 47.2 Å². The minimum Gasteiger partial charge on any atom is -0.351 e. The normalized spacial score (nSPS) is 21.9. The molecule has 1 atom stereocenters. The van der Waals surface area contributed by atoms with Crippen LogP contribution in [0, 0.1) is 6.92 Å². The van der Waals surface area contributed by atoms with E-state index in [4.69, 9.17) is 0 Å². The number of hydrogen-bond acceptors (Lipinski definition) is 3. The second-order valence-corrected chi connectivity index (χ2v) is 9.78. The van der Waals surface area contributed by atoms with Crippen LogP contribution in [-0.4, -0.2) is 32.9 Å². The van der Waals surface area contributed by atoms with Crippen molar-refractivity contribution in [2.45, 2.75) is 64.2 Å². The predicted molar refractivity (Wildman–Crippen MR) is 120 cm³/mol. The molecule has 2 aliphatic rings. The summed E-state index contributed by atoms with van der Waals surface area (Å²) in [6.45, 7) is 4.88. The van der Waals surface area contributed by atoms with E-state index in [2.05, 4.69) is 18.3 Å². The summed E-state index contributed by atoms with van der Waals surface area (Å²) in [6.07, 6.45) is 4.36. The van der Waals surface area contributed by atoms with Gasteiger partial charge < -0.3 is 14.8 Å². The summed E-state index contributed by atoms with van der Waals surface area (Å²) in [6, 6.07) is 12.3. The lowest BCUT2D eigenvalue weighted by molar-refractivity contribution is -0.133. The molecule has 1 fully saturated rings. The highest BCUT2D eigenvalue weighted by Gasteiger charge is 2.48. The lowest BCUT2D eigenvalue weighted by Crippen LogP contribution is -2.64. The van der Waals surface area contributed by atoms with Gasteiger partial charge in [0, 0.05) is 12.6 Å². The van der Waals surface area contributed by atoms with Gasteiger partial charge in [0.1, 0.15) is 11.2 Å². The smallest absolute Gasteiger partial charge is 0.271 e. The van der Waals surface area contributed by atoms with E-state index in [9.17, 15) is 9.59 Å². The number of hydrogen-bond donors (Lipinski definition) is 1. The Hall–Kier alpha value is -2.60. The van der Waals surface area contributed by atoms with Gasteiger partial charge >= 0.3 is 0 Å². The van der Waals surface area contributed by atoms with Crippen LogP contribution in [0.1, 0.15) is 54.2 Å². The fraction of sp³-hybridized carbons (Fsp3) is 0.417. The Morgan fingerprint density at radius 1 is 1.23 bits per heavy atom. The van der Waals surface area contributed by atoms with E-state index >= 15 is 0 Å². The maximum Gasteiger partial charge on any atom is 0.271 e. The van der Waals surface area contributed by atoms with Crippen molar-refractivity contribution in [2.75, 3.05) is 0 Å². The molecule has 0 radical (unpaired) electrons. The molecule has 2 amide bonds. The molecule has 1 N–H and O–H groups in total. The van der Waals surface area contributed by atoms with Crippen molar-refractivity contribution in [1.29, 1.82) is 0 Å². The highest BCUT2D eigenvalue weighted by atomic mass is 32.1. The first-order chi connectivity index (χ1) is 14.5. The number of nitrogens with one attached hydrogen (secondary N) is 1. The number of aryl methyl sites for hydroxylation is 1. The molecule has 0 unspecified atom stereocenters. The van der Waals surface area contributed by atoms with Gasteiger partial charge in [-0.25, -0.2) is 0 Å². The van der Waals surface area contributed by atoms with E-state index in [1.54, 1.807) is 16.2 Å². The van der Waals surface area contributed by atoms with Gasteiger partial charge in [0.2, 0.25) is 5.91 Å². The molecule has 0 spiro atoms. The largest absolute Gasteiger partial charge is 0.351 e. The predicted octanol–water partition coefficient (Wildman–Crippen LogP) is 4.48. The third-order valence-corrected chi connectivity index (χ3v) is 7.67. The van der Waals surface area contributed by atoms with Crippen LogP contribution in [0.2, 0.25) is 0 Å². The van der Waals surface area contributed by atoms with Crippen LogP contribution in [0.25, 0.3) is 10.2 Å². The van der Waals surface area contributed by atoms with Crippen molar-refractivity contribution >= 4 is 33.4 Å². The van der Waals surface area contributed by atoms with Crippen LogP contribution in [0.3, 0.4) is 0 Å². The van der Waals surface area contributed by atoms with Crippen LogP contribution >= 0.6 is 11.3 Å². The molecule has 3 aromatic rings. The SMILES string of the molecule is Cc1ccccc1CN1C(=O)c2cc3sccc3n2C[C@@]1(C)C(=O)NC1CCCC1. The van der Waals surface area contributed by atoms with Crippen molar-refractivity contribution in [3.8, 4) is 0 Å². The Morgan fingerprint density at radius 3 is 2.77 bits per heavy atom. The molecule has 6 heteroatoms. The van der Waals surface area contributed by atoms with Crippen LogP contribution in [0.4, 0.5) is 0 Å². The summed E-state index contributed by atoms with van der Waals surface area (Å²) in [5, 5.41) is 5.30. The van der Waals surface area contributed by atoms with Gasteiger partial charge in [0.05, 0.1) is 16.8 Å². The first kappa shape index (κ1) is 19.4. The first-order valence-electron chi connectivity index (χ1n) is 10.7. The topological polar surface area (TPSA) is 54.3 Å². The van der Waals surface area contributed by atoms with Gasteiger partial charge in [0.25, 0.3) is 5.91 Å². The first-order valence-corrected chi connectivity index (χ1v) is 11.6. The van der Waals surface area contributed by atoms with Gasteiger partial charge in [-0.2, -0.15) is 0 Å². The third-order valence-electron chi connectivity index (χ3n) is 6.82. The van der Waals surface area contributed by atoms with Gasteiger partial charge in [-0.15, -0.1) is 11.3 Å². The number of thiophene rings is 1. The molecule has 5 rings (SSSR count). The zero-order valence-electron chi connectivity index (χ0n) is 17.5. The molecule has 2 aromatic heterocycles. The molecule has 1 aliphatic heterocycles. The number of rotatable bonds is 4.